The summed E-state index contributed by atoms with van der Waals surface area (Å²) in [6, 6.07) is 15.9. The van der Waals surface area contributed by atoms with Crippen molar-refractivity contribution in [1.29, 1.82) is 0 Å². The molecule has 1 aromatic heterocycles. The second kappa shape index (κ2) is 9.59. The Morgan fingerprint density at radius 3 is 2.45 bits per heavy atom. The minimum absolute atomic E-state index is 0.276. The van der Waals surface area contributed by atoms with Gasteiger partial charge < -0.3 is 9.67 Å². The number of hydrogen-bond acceptors (Lipinski definition) is 2. The molecule has 148 valence electrons. The van der Waals surface area contributed by atoms with Crippen LogP contribution in [0.15, 0.2) is 54.6 Å². The molecule has 1 heterocycles. The second-order valence-electron chi connectivity index (χ2n) is 6.41. The van der Waals surface area contributed by atoms with Gasteiger partial charge in [-0.05, 0) is 28.8 Å². The lowest BCUT2D eigenvalue weighted by molar-refractivity contribution is -0.131. The topological polar surface area (TPSA) is 55.1 Å². The molecular weight excluding hydrogens is 407 g/mol. The lowest BCUT2D eigenvalue weighted by Crippen LogP contribution is -2.07. The van der Waals surface area contributed by atoms with E-state index in [1.807, 2.05) is 72.2 Å². The van der Waals surface area contributed by atoms with Crippen LogP contribution in [-0.4, -0.2) is 20.6 Å². The summed E-state index contributed by atoms with van der Waals surface area (Å²) in [5.74, 6) is -0.274. The molecule has 0 spiro atoms. The van der Waals surface area contributed by atoms with Crippen LogP contribution < -0.4 is 0 Å². The van der Waals surface area contributed by atoms with Crippen molar-refractivity contribution in [2.75, 3.05) is 0 Å². The number of imidazole rings is 1. The molecule has 3 rings (SSSR count). The lowest BCUT2D eigenvalue weighted by Gasteiger charge is -2.11. The van der Waals surface area contributed by atoms with E-state index in [1.165, 1.54) is 6.08 Å². The van der Waals surface area contributed by atoms with Crippen LogP contribution in [0.4, 0.5) is 0 Å². The van der Waals surface area contributed by atoms with Gasteiger partial charge in [0.25, 0.3) is 0 Å². The predicted molar refractivity (Wildman–Crippen MR) is 119 cm³/mol. The first-order valence-corrected chi connectivity index (χ1v) is 9.91. The summed E-state index contributed by atoms with van der Waals surface area (Å²) < 4.78 is 1.89. The van der Waals surface area contributed by atoms with Crippen LogP contribution in [0.25, 0.3) is 18.2 Å². The first-order valence-electron chi connectivity index (χ1n) is 9.15. The molecule has 6 heteroatoms. The van der Waals surface area contributed by atoms with E-state index in [0.29, 0.717) is 23.7 Å². The fraction of sp³-hybridized carbons (Fsp3) is 0.130. The zero-order valence-electron chi connectivity index (χ0n) is 15.8. The third-order valence-corrected chi connectivity index (χ3v) is 5.04. The Balaban J connectivity index is 1.87. The van der Waals surface area contributed by atoms with Crippen molar-refractivity contribution in [2.24, 2.45) is 0 Å². The normalized spacial score (nSPS) is 11.6. The molecular formula is C23H20Cl2N2O2. The van der Waals surface area contributed by atoms with Gasteiger partial charge in [-0.1, -0.05) is 84.7 Å². The van der Waals surface area contributed by atoms with Gasteiger partial charge >= 0.3 is 5.97 Å². The number of aliphatic carboxylic acids is 1. The largest absolute Gasteiger partial charge is 0.478 e. The van der Waals surface area contributed by atoms with E-state index in [4.69, 9.17) is 28.3 Å². The van der Waals surface area contributed by atoms with Crippen LogP contribution in [0.5, 0.6) is 0 Å². The predicted octanol–water partition coefficient (Wildman–Crippen LogP) is 6.07. The van der Waals surface area contributed by atoms with Gasteiger partial charge in [-0.3, -0.25) is 0 Å². The van der Waals surface area contributed by atoms with E-state index in [1.54, 1.807) is 0 Å². The minimum atomic E-state index is -1.04. The third kappa shape index (κ3) is 5.37. The van der Waals surface area contributed by atoms with Crippen molar-refractivity contribution in [3.8, 4) is 0 Å². The quantitative estimate of drug-likeness (QED) is 0.368. The van der Waals surface area contributed by atoms with Gasteiger partial charge in [-0.25, -0.2) is 9.78 Å². The standard InChI is InChI=1S/C23H20Cl2N2O2/c1-2-21-26-23(25)20(12-13-22(28)29)27(21)15-18-11-10-17(14-19(18)24)9-8-16-6-4-3-5-7-16/h3-14H,2,15H2,1H3,(H,28,29)/b9-8+,13-12+. The van der Waals surface area contributed by atoms with E-state index in [-0.39, 0.29) is 5.15 Å². The van der Waals surface area contributed by atoms with E-state index in [0.717, 1.165) is 28.6 Å². The fourth-order valence-corrected chi connectivity index (χ4v) is 3.47. The summed E-state index contributed by atoms with van der Waals surface area (Å²) in [7, 11) is 0. The van der Waals surface area contributed by atoms with Gasteiger partial charge in [-0.2, -0.15) is 0 Å². The number of aryl methyl sites for hydroxylation is 1. The molecule has 0 amide bonds. The molecule has 1 N–H and O–H groups in total. The van der Waals surface area contributed by atoms with Crippen LogP contribution in [0.1, 0.15) is 35.1 Å². The highest BCUT2D eigenvalue weighted by molar-refractivity contribution is 6.31. The SMILES string of the molecule is CCc1nc(Cl)c(/C=C/C(=O)O)n1Cc1ccc(/C=C/c2ccccc2)cc1Cl. The van der Waals surface area contributed by atoms with Crippen molar-refractivity contribution in [1.82, 2.24) is 9.55 Å². The molecule has 0 saturated heterocycles. The van der Waals surface area contributed by atoms with Gasteiger partial charge in [0.2, 0.25) is 0 Å². The van der Waals surface area contributed by atoms with Gasteiger partial charge in [0, 0.05) is 17.5 Å². The van der Waals surface area contributed by atoms with Crippen LogP contribution in [0, 0.1) is 0 Å². The molecule has 0 aliphatic heterocycles. The summed E-state index contributed by atoms with van der Waals surface area (Å²) in [6.45, 7) is 2.42. The summed E-state index contributed by atoms with van der Waals surface area (Å²) in [6.07, 6.45) is 7.22. The Kier molecular flexibility index (Phi) is 6.91. The van der Waals surface area contributed by atoms with Crippen molar-refractivity contribution in [3.05, 3.63) is 93.0 Å². The first kappa shape index (κ1) is 20.9. The Labute approximate surface area is 179 Å². The number of nitrogens with zero attached hydrogens (tertiary/aromatic N) is 2. The zero-order valence-corrected chi connectivity index (χ0v) is 17.4. The van der Waals surface area contributed by atoms with Gasteiger partial charge in [0.1, 0.15) is 5.82 Å². The molecule has 0 radical (unpaired) electrons. The van der Waals surface area contributed by atoms with Crippen molar-refractivity contribution >= 4 is 47.4 Å². The number of carbonyl (C=O) groups is 1. The molecule has 0 fully saturated rings. The number of rotatable bonds is 7. The maximum atomic E-state index is 10.9. The van der Waals surface area contributed by atoms with Gasteiger partial charge in [0.15, 0.2) is 5.15 Å². The van der Waals surface area contributed by atoms with E-state index in [2.05, 4.69) is 4.98 Å². The fourth-order valence-electron chi connectivity index (χ4n) is 2.96. The van der Waals surface area contributed by atoms with Crippen molar-refractivity contribution in [2.45, 2.75) is 19.9 Å². The minimum Gasteiger partial charge on any atom is -0.478 e. The maximum absolute atomic E-state index is 10.9. The molecule has 0 bridgehead atoms. The number of carboxylic acid groups (broad SMARTS) is 1. The Morgan fingerprint density at radius 1 is 1.07 bits per heavy atom. The molecule has 0 aliphatic rings. The molecule has 0 saturated carbocycles. The molecule has 3 aromatic rings. The summed E-state index contributed by atoms with van der Waals surface area (Å²) >= 11 is 12.8. The van der Waals surface area contributed by atoms with E-state index < -0.39 is 5.97 Å². The molecule has 0 aliphatic carbocycles. The van der Waals surface area contributed by atoms with Crippen LogP contribution >= 0.6 is 23.2 Å². The van der Waals surface area contributed by atoms with Gasteiger partial charge in [-0.15, -0.1) is 0 Å². The van der Waals surface area contributed by atoms with Gasteiger partial charge in [0.05, 0.1) is 12.2 Å². The highest BCUT2D eigenvalue weighted by atomic mass is 35.5. The smallest absolute Gasteiger partial charge is 0.328 e. The lowest BCUT2D eigenvalue weighted by atomic mass is 10.1. The highest BCUT2D eigenvalue weighted by Gasteiger charge is 2.14. The second-order valence-corrected chi connectivity index (χ2v) is 7.18. The zero-order chi connectivity index (χ0) is 20.8. The number of aromatic nitrogens is 2. The van der Waals surface area contributed by atoms with Crippen LogP contribution in [-0.2, 0) is 17.8 Å². The van der Waals surface area contributed by atoms with Crippen LogP contribution in [0.3, 0.4) is 0 Å². The Morgan fingerprint density at radius 2 is 1.79 bits per heavy atom. The average molecular weight is 427 g/mol. The number of hydrogen-bond donors (Lipinski definition) is 1. The highest BCUT2D eigenvalue weighted by Crippen LogP contribution is 2.25. The number of halogens is 2. The van der Waals surface area contributed by atoms with Crippen LogP contribution in [0.2, 0.25) is 10.2 Å². The average Bonchev–Trinajstić information content (AvgIpc) is 3.01. The molecule has 0 atom stereocenters. The van der Waals surface area contributed by atoms with Crippen molar-refractivity contribution < 1.29 is 9.90 Å². The van der Waals surface area contributed by atoms with Crippen molar-refractivity contribution in [3.63, 3.8) is 0 Å². The number of carboxylic acids is 1. The third-order valence-electron chi connectivity index (χ3n) is 4.41. The maximum Gasteiger partial charge on any atom is 0.328 e. The Hall–Kier alpha value is -2.82. The summed E-state index contributed by atoms with van der Waals surface area (Å²) in [5, 5.41) is 9.83. The summed E-state index contributed by atoms with van der Waals surface area (Å²) in [5.41, 5.74) is 3.56. The molecule has 0 unspecified atom stereocenters. The molecule has 2 aromatic carbocycles. The molecule has 29 heavy (non-hydrogen) atoms. The summed E-state index contributed by atoms with van der Waals surface area (Å²) in [4.78, 5) is 15.2. The monoisotopic (exact) mass is 426 g/mol. The number of benzene rings is 2. The molecule has 4 nitrogen and oxygen atoms in total. The van der Waals surface area contributed by atoms with E-state index in [9.17, 15) is 4.79 Å². The van der Waals surface area contributed by atoms with E-state index >= 15 is 0 Å². The first-order chi connectivity index (χ1) is 14.0. The Bertz CT molecular complexity index is 1070.